The van der Waals surface area contributed by atoms with Crippen LogP contribution in [0, 0.1) is 0 Å². The number of rotatable bonds is 14. The number of hydroxylamine groups is 1. The minimum Gasteiger partial charge on any atom is -0.392 e. The lowest BCUT2D eigenvalue weighted by molar-refractivity contribution is -0.245. The van der Waals surface area contributed by atoms with Crippen LogP contribution in [0.5, 0.6) is 0 Å². The van der Waals surface area contributed by atoms with Crippen molar-refractivity contribution in [2.24, 2.45) is 0 Å². The zero-order valence-electron chi connectivity index (χ0n) is 24.7. The predicted octanol–water partition coefficient (Wildman–Crippen LogP) is 5.87. The molecular weight excluding hydrogens is 582 g/mol. The lowest BCUT2D eigenvalue weighted by Gasteiger charge is -2.36. The van der Waals surface area contributed by atoms with Crippen LogP contribution in [0.25, 0.3) is 0 Å². The van der Waals surface area contributed by atoms with Gasteiger partial charge < -0.3 is 25.2 Å². The Labute approximate surface area is 261 Å². The van der Waals surface area contributed by atoms with E-state index in [0.29, 0.717) is 43.5 Å². The van der Waals surface area contributed by atoms with Crippen molar-refractivity contribution in [1.82, 2.24) is 5.48 Å². The summed E-state index contributed by atoms with van der Waals surface area (Å²) in [4.78, 5) is 36.1. The number of unbranched alkanes of at least 4 members (excludes halogenated alkanes) is 2. The van der Waals surface area contributed by atoms with Crippen LogP contribution >= 0.6 is 11.8 Å². The molecule has 0 unspecified atom stereocenters. The van der Waals surface area contributed by atoms with Crippen molar-refractivity contribution < 1.29 is 34.2 Å². The maximum Gasteiger partial charge on any atom is 0.243 e. The highest BCUT2D eigenvalue weighted by Gasteiger charge is 2.32. The molecule has 0 spiro atoms. The van der Waals surface area contributed by atoms with E-state index in [1.54, 1.807) is 17.2 Å². The molecule has 10 nitrogen and oxygen atoms in total. The SMILES string of the molecule is CC(=O)Nc1ccc(SC[C@H]2C[C@@H](c3ccc(CO)cc3)O[C@@H](c3cccc(NC(=O)CCCCCC(=O)NO)c3)O2)cc1. The Balaban J connectivity index is 1.41. The third kappa shape index (κ3) is 10.5. The zero-order chi connectivity index (χ0) is 31.3. The lowest BCUT2D eigenvalue weighted by Crippen LogP contribution is -2.31. The maximum atomic E-state index is 12.6. The molecule has 0 aliphatic carbocycles. The molecule has 5 N–H and O–H groups in total. The van der Waals surface area contributed by atoms with E-state index in [-0.39, 0.29) is 37.0 Å². The fourth-order valence-electron chi connectivity index (χ4n) is 4.84. The molecule has 4 rings (SSSR count). The summed E-state index contributed by atoms with van der Waals surface area (Å²) in [5.74, 6) is 0.0117. The van der Waals surface area contributed by atoms with E-state index in [1.807, 2.05) is 72.8 Å². The molecule has 0 bridgehead atoms. The van der Waals surface area contributed by atoms with Crippen LogP contribution in [0.3, 0.4) is 0 Å². The van der Waals surface area contributed by atoms with Gasteiger partial charge in [0.05, 0.1) is 18.8 Å². The van der Waals surface area contributed by atoms with Crippen molar-refractivity contribution >= 4 is 40.9 Å². The van der Waals surface area contributed by atoms with E-state index in [4.69, 9.17) is 14.7 Å². The number of amides is 3. The molecule has 3 aromatic carbocycles. The van der Waals surface area contributed by atoms with Crippen molar-refractivity contribution in [3.05, 3.63) is 89.5 Å². The number of hydrogen-bond acceptors (Lipinski definition) is 8. The average molecular weight is 622 g/mol. The van der Waals surface area contributed by atoms with Crippen molar-refractivity contribution in [2.45, 2.75) is 75.4 Å². The first-order valence-corrected chi connectivity index (χ1v) is 15.7. The normalized spacial score (nSPS) is 17.9. The van der Waals surface area contributed by atoms with Crippen molar-refractivity contribution in [1.29, 1.82) is 0 Å². The fourth-order valence-corrected chi connectivity index (χ4v) is 5.76. The van der Waals surface area contributed by atoms with Gasteiger partial charge in [0.1, 0.15) is 0 Å². The highest BCUT2D eigenvalue weighted by atomic mass is 32.2. The predicted molar refractivity (Wildman–Crippen MR) is 168 cm³/mol. The number of thioether (sulfide) groups is 1. The number of aliphatic hydroxyl groups excluding tert-OH is 1. The third-order valence-electron chi connectivity index (χ3n) is 7.10. The van der Waals surface area contributed by atoms with Gasteiger partial charge in [-0.1, -0.05) is 42.8 Å². The van der Waals surface area contributed by atoms with Gasteiger partial charge in [-0.05, 0) is 60.4 Å². The summed E-state index contributed by atoms with van der Waals surface area (Å²) in [6.45, 7) is 1.45. The topological polar surface area (TPSA) is 146 Å². The van der Waals surface area contributed by atoms with Gasteiger partial charge in [0.15, 0.2) is 6.29 Å². The second-order valence-corrected chi connectivity index (χ2v) is 11.7. The molecule has 1 saturated heterocycles. The standard InChI is InChI=1S/C33H39N3O7S/c1-22(38)34-26-14-16-29(17-15-26)44-21-28-19-30(24-12-10-23(20-37)11-13-24)43-33(42-28)25-6-5-7-27(18-25)35-31(39)8-3-2-4-9-32(40)36-41/h5-7,10-18,28,30,33,37,41H,2-4,8-9,19-21H2,1H3,(H,34,38)(H,35,39)(H,36,40)/t28-,30+,33+/m1/s1. The molecule has 0 saturated carbocycles. The molecule has 0 aromatic heterocycles. The number of nitrogens with one attached hydrogen (secondary N) is 3. The number of aliphatic hydroxyl groups is 1. The van der Waals surface area contributed by atoms with E-state index in [0.717, 1.165) is 27.3 Å². The molecule has 1 heterocycles. The Hall–Kier alpha value is -3.74. The summed E-state index contributed by atoms with van der Waals surface area (Å²) < 4.78 is 12.9. The molecule has 11 heteroatoms. The Kier molecular flexibility index (Phi) is 12.8. The van der Waals surface area contributed by atoms with Crippen LogP contribution < -0.4 is 16.1 Å². The largest absolute Gasteiger partial charge is 0.392 e. The second kappa shape index (κ2) is 16.9. The van der Waals surface area contributed by atoms with E-state index in [1.165, 1.54) is 6.92 Å². The van der Waals surface area contributed by atoms with Gasteiger partial charge in [-0.25, -0.2) is 5.48 Å². The van der Waals surface area contributed by atoms with Crippen LogP contribution in [-0.2, 0) is 30.5 Å². The molecule has 44 heavy (non-hydrogen) atoms. The van der Waals surface area contributed by atoms with Crippen LogP contribution in [0.2, 0.25) is 0 Å². The van der Waals surface area contributed by atoms with Gasteiger partial charge >= 0.3 is 0 Å². The number of carbonyl (C=O) groups is 3. The highest BCUT2D eigenvalue weighted by Crippen LogP contribution is 2.40. The van der Waals surface area contributed by atoms with Gasteiger partial charge in [0.25, 0.3) is 0 Å². The Morgan fingerprint density at radius 1 is 0.841 bits per heavy atom. The van der Waals surface area contributed by atoms with Crippen molar-refractivity contribution in [3.63, 3.8) is 0 Å². The minimum absolute atomic E-state index is 0.0308. The summed E-state index contributed by atoms with van der Waals surface area (Å²) in [5, 5.41) is 23.8. The second-order valence-electron chi connectivity index (χ2n) is 10.6. The molecule has 1 aliphatic heterocycles. The lowest BCUT2D eigenvalue weighted by atomic mass is 10.0. The van der Waals surface area contributed by atoms with E-state index in [2.05, 4.69) is 10.6 Å². The van der Waals surface area contributed by atoms with Gasteiger partial charge in [-0.2, -0.15) is 0 Å². The molecule has 3 aromatic rings. The van der Waals surface area contributed by atoms with Crippen molar-refractivity contribution in [3.8, 4) is 0 Å². The van der Waals surface area contributed by atoms with Crippen molar-refractivity contribution in [2.75, 3.05) is 16.4 Å². The highest BCUT2D eigenvalue weighted by molar-refractivity contribution is 7.99. The first-order chi connectivity index (χ1) is 21.3. The number of anilines is 2. The number of benzene rings is 3. The van der Waals surface area contributed by atoms with E-state index < -0.39 is 12.2 Å². The maximum absolute atomic E-state index is 12.6. The van der Waals surface area contributed by atoms with Gasteiger partial charge in [-0.3, -0.25) is 19.6 Å². The van der Waals surface area contributed by atoms with Crippen LogP contribution in [0.4, 0.5) is 11.4 Å². The smallest absolute Gasteiger partial charge is 0.243 e. The summed E-state index contributed by atoms with van der Waals surface area (Å²) in [6.07, 6.45) is 2.07. The Bertz CT molecular complexity index is 1380. The minimum atomic E-state index is -0.659. The summed E-state index contributed by atoms with van der Waals surface area (Å²) in [6, 6.07) is 22.8. The molecular formula is C33H39N3O7S. The summed E-state index contributed by atoms with van der Waals surface area (Å²) in [5.41, 5.74) is 5.59. The average Bonchev–Trinajstić information content (AvgIpc) is 3.04. The van der Waals surface area contributed by atoms with E-state index >= 15 is 0 Å². The first-order valence-electron chi connectivity index (χ1n) is 14.7. The molecule has 0 radical (unpaired) electrons. The monoisotopic (exact) mass is 621 g/mol. The molecule has 3 atom stereocenters. The van der Waals surface area contributed by atoms with Gasteiger partial charge in [0, 0.05) is 53.8 Å². The molecule has 1 fully saturated rings. The van der Waals surface area contributed by atoms with Crippen LogP contribution in [0.1, 0.15) is 74.5 Å². The third-order valence-corrected chi connectivity index (χ3v) is 8.24. The molecule has 1 aliphatic rings. The molecule has 3 amide bonds. The van der Waals surface area contributed by atoms with Gasteiger partial charge in [0.2, 0.25) is 17.7 Å². The van der Waals surface area contributed by atoms with E-state index in [9.17, 15) is 19.5 Å². The Morgan fingerprint density at radius 2 is 1.57 bits per heavy atom. The number of ether oxygens (including phenoxy) is 2. The first kappa shape index (κ1) is 33.2. The molecule has 234 valence electrons. The van der Waals surface area contributed by atoms with Gasteiger partial charge in [-0.15, -0.1) is 11.8 Å². The summed E-state index contributed by atoms with van der Waals surface area (Å²) >= 11 is 1.66. The Morgan fingerprint density at radius 3 is 2.25 bits per heavy atom. The van der Waals surface area contributed by atoms with Crippen LogP contribution in [0.15, 0.2) is 77.7 Å². The zero-order valence-corrected chi connectivity index (χ0v) is 25.5. The van der Waals surface area contributed by atoms with Crippen LogP contribution in [-0.4, -0.2) is 39.9 Å². The quantitative estimate of drug-likeness (QED) is 0.0650. The summed E-state index contributed by atoms with van der Waals surface area (Å²) in [7, 11) is 0. The number of hydrogen-bond donors (Lipinski definition) is 5. The number of carbonyl (C=O) groups excluding carboxylic acids is 3. The fraction of sp³-hybridized carbons (Fsp3) is 0.364.